The minimum Gasteiger partial charge on any atom is -0.492 e. The maximum Gasteiger partial charge on any atom is 0.119 e. The maximum absolute atomic E-state index is 6.03. The average molecular weight is 257 g/mol. The van der Waals surface area contributed by atoms with Crippen molar-refractivity contribution in [3.63, 3.8) is 0 Å². The summed E-state index contributed by atoms with van der Waals surface area (Å²) in [5, 5.41) is 0. The lowest BCUT2D eigenvalue weighted by molar-refractivity contribution is 0.297. The predicted molar refractivity (Wildman–Crippen MR) is 74.2 cm³/mol. The summed E-state index contributed by atoms with van der Waals surface area (Å²) in [6.45, 7) is 3.47. The highest BCUT2D eigenvalue weighted by Gasteiger charge is 2.18. The minimum atomic E-state index is 0.206. The molecule has 19 heavy (non-hydrogen) atoms. The van der Waals surface area contributed by atoms with Crippen LogP contribution in [0.4, 0.5) is 0 Å². The van der Waals surface area contributed by atoms with Gasteiger partial charge in [0.25, 0.3) is 0 Å². The summed E-state index contributed by atoms with van der Waals surface area (Å²) in [5.74, 6) is 1.95. The van der Waals surface area contributed by atoms with E-state index in [9.17, 15) is 0 Å². The molecule has 1 aromatic carbocycles. The quantitative estimate of drug-likeness (QED) is 0.913. The Morgan fingerprint density at radius 2 is 2.37 bits per heavy atom. The van der Waals surface area contributed by atoms with E-state index in [1.165, 1.54) is 11.1 Å². The molecule has 0 fully saturated rings. The smallest absolute Gasteiger partial charge is 0.119 e. The third kappa shape index (κ3) is 2.49. The number of nitrogens with zero attached hydrogens (tertiary/aromatic N) is 2. The Balaban J connectivity index is 1.60. The molecule has 4 heteroatoms. The molecule has 1 aromatic heterocycles. The number of fused-ring (bicyclic) bond motifs is 1. The molecule has 100 valence electrons. The highest BCUT2D eigenvalue weighted by atomic mass is 16.5. The summed E-state index contributed by atoms with van der Waals surface area (Å²) in [5.41, 5.74) is 8.64. The van der Waals surface area contributed by atoms with Gasteiger partial charge in [0.05, 0.1) is 6.54 Å². The molecule has 4 nitrogen and oxygen atoms in total. The van der Waals surface area contributed by atoms with E-state index in [0.29, 0.717) is 6.61 Å². The molecule has 0 spiro atoms. The summed E-state index contributed by atoms with van der Waals surface area (Å²) in [6.07, 6.45) is 5.90. The Kier molecular flexibility index (Phi) is 3.25. The van der Waals surface area contributed by atoms with Crippen molar-refractivity contribution in [3.05, 3.63) is 47.5 Å². The van der Waals surface area contributed by atoms with Crippen LogP contribution in [0, 0.1) is 6.92 Å². The molecule has 2 N–H and O–H groups in total. The van der Waals surface area contributed by atoms with Gasteiger partial charge in [0.1, 0.15) is 18.2 Å². The summed E-state index contributed by atoms with van der Waals surface area (Å²) < 4.78 is 7.89. The number of nitrogens with two attached hydrogens (primary N) is 1. The molecule has 0 radical (unpaired) electrons. The molecule has 1 aliphatic rings. The van der Waals surface area contributed by atoms with Gasteiger partial charge in [-0.2, -0.15) is 0 Å². The van der Waals surface area contributed by atoms with E-state index < -0.39 is 0 Å². The van der Waals surface area contributed by atoms with Crippen LogP contribution in [0.15, 0.2) is 30.6 Å². The number of imidazole rings is 1. The fourth-order valence-corrected chi connectivity index (χ4v) is 2.62. The normalized spacial score (nSPS) is 17.5. The SMILES string of the molecule is Cc1nccn1CCOc1ccc2c(c1)CC[C@H]2N. The van der Waals surface area contributed by atoms with Crippen LogP contribution < -0.4 is 10.5 Å². The monoisotopic (exact) mass is 257 g/mol. The molecule has 0 amide bonds. The largest absolute Gasteiger partial charge is 0.492 e. The number of hydrogen-bond donors (Lipinski definition) is 1. The summed E-state index contributed by atoms with van der Waals surface area (Å²) in [4.78, 5) is 4.19. The van der Waals surface area contributed by atoms with Crippen molar-refractivity contribution in [3.8, 4) is 5.75 Å². The molecule has 0 saturated carbocycles. The van der Waals surface area contributed by atoms with E-state index >= 15 is 0 Å². The van der Waals surface area contributed by atoms with Crippen molar-refractivity contribution < 1.29 is 4.74 Å². The van der Waals surface area contributed by atoms with Gasteiger partial charge in [-0.25, -0.2) is 4.98 Å². The van der Waals surface area contributed by atoms with Gasteiger partial charge in [0.2, 0.25) is 0 Å². The van der Waals surface area contributed by atoms with Crippen LogP contribution in [0.3, 0.4) is 0 Å². The fraction of sp³-hybridized carbons (Fsp3) is 0.400. The lowest BCUT2D eigenvalue weighted by Crippen LogP contribution is -2.09. The average Bonchev–Trinajstić information content (AvgIpc) is 2.97. The molecule has 0 unspecified atom stereocenters. The van der Waals surface area contributed by atoms with E-state index in [-0.39, 0.29) is 6.04 Å². The molecular formula is C15H19N3O. The maximum atomic E-state index is 6.03. The lowest BCUT2D eigenvalue weighted by atomic mass is 10.1. The Morgan fingerprint density at radius 3 is 3.16 bits per heavy atom. The van der Waals surface area contributed by atoms with E-state index in [4.69, 9.17) is 10.5 Å². The molecule has 1 heterocycles. The molecule has 0 saturated heterocycles. The van der Waals surface area contributed by atoms with Crippen LogP contribution in [0.2, 0.25) is 0 Å². The highest BCUT2D eigenvalue weighted by molar-refractivity contribution is 5.40. The third-order valence-corrected chi connectivity index (χ3v) is 3.76. The zero-order chi connectivity index (χ0) is 13.2. The number of aryl methyl sites for hydroxylation is 2. The van der Waals surface area contributed by atoms with Gasteiger partial charge in [-0.1, -0.05) is 6.07 Å². The van der Waals surface area contributed by atoms with Crippen molar-refractivity contribution in [2.75, 3.05) is 6.61 Å². The van der Waals surface area contributed by atoms with E-state index in [2.05, 4.69) is 21.7 Å². The third-order valence-electron chi connectivity index (χ3n) is 3.76. The Bertz CT molecular complexity index is 577. The molecule has 0 bridgehead atoms. The number of aromatic nitrogens is 2. The van der Waals surface area contributed by atoms with Crippen molar-refractivity contribution >= 4 is 0 Å². The van der Waals surface area contributed by atoms with Crippen LogP contribution in [-0.4, -0.2) is 16.2 Å². The van der Waals surface area contributed by atoms with Crippen molar-refractivity contribution in [1.82, 2.24) is 9.55 Å². The van der Waals surface area contributed by atoms with Crippen LogP contribution in [0.5, 0.6) is 5.75 Å². The molecule has 3 rings (SSSR count). The van der Waals surface area contributed by atoms with Crippen molar-refractivity contribution in [2.45, 2.75) is 32.4 Å². The van der Waals surface area contributed by atoms with Crippen LogP contribution in [-0.2, 0) is 13.0 Å². The van der Waals surface area contributed by atoms with Gasteiger partial charge in [-0.05, 0) is 43.0 Å². The Hall–Kier alpha value is -1.81. The van der Waals surface area contributed by atoms with Gasteiger partial charge in [-0.3, -0.25) is 0 Å². The van der Waals surface area contributed by atoms with E-state index in [0.717, 1.165) is 31.0 Å². The first-order chi connectivity index (χ1) is 9.24. The van der Waals surface area contributed by atoms with Gasteiger partial charge in [-0.15, -0.1) is 0 Å². The van der Waals surface area contributed by atoms with Crippen molar-refractivity contribution in [2.24, 2.45) is 5.73 Å². The van der Waals surface area contributed by atoms with Crippen LogP contribution >= 0.6 is 0 Å². The zero-order valence-corrected chi connectivity index (χ0v) is 11.2. The van der Waals surface area contributed by atoms with Gasteiger partial charge >= 0.3 is 0 Å². The van der Waals surface area contributed by atoms with E-state index in [1.54, 1.807) is 0 Å². The molecular weight excluding hydrogens is 238 g/mol. The lowest BCUT2D eigenvalue weighted by Gasteiger charge is -2.10. The fourth-order valence-electron chi connectivity index (χ4n) is 2.62. The van der Waals surface area contributed by atoms with Gasteiger partial charge < -0.3 is 15.0 Å². The first-order valence-electron chi connectivity index (χ1n) is 6.73. The minimum absolute atomic E-state index is 0.206. The molecule has 1 atom stereocenters. The summed E-state index contributed by atoms with van der Waals surface area (Å²) in [6, 6.07) is 6.45. The standard InChI is InChI=1S/C15H19N3O/c1-11-17-6-7-18(11)8-9-19-13-3-4-14-12(10-13)2-5-15(14)16/h3-4,6-7,10,15H,2,5,8-9,16H2,1H3/t15-/m1/s1. The first-order valence-corrected chi connectivity index (χ1v) is 6.73. The molecule has 2 aromatic rings. The Labute approximate surface area is 113 Å². The number of hydrogen-bond acceptors (Lipinski definition) is 3. The Morgan fingerprint density at radius 1 is 1.47 bits per heavy atom. The van der Waals surface area contributed by atoms with Gasteiger partial charge in [0.15, 0.2) is 0 Å². The second-order valence-electron chi connectivity index (χ2n) is 5.02. The van der Waals surface area contributed by atoms with Gasteiger partial charge in [0, 0.05) is 18.4 Å². The number of rotatable bonds is 4. The highest BCUT2D eigenvalue weighted by Crippen LogP contribution is 2.31. The molecule has 0 aliphatic heterocycles. The topological polar surface area (TPSA) is 53.1 Å². The van der Waals surface area contributed by atoms with Crippen molar-refractivity contribution in [1.29, 1.82) is 0 Å². The van der Waals surface area contributed by atoms with E-state index in [1.807, 2.05) is 25.4 Å². The summed E-state index contributed by atoms with van der Waals surface area (Å²) in [7, 11) is 0. The molecule has 1 aliphatic carbocycles. The first kappa shape index (κ1) is 12.2. The number of benzene rings is 1. The second-order valence-corrected chi connectivity index (χ2v) is 5.02. The number of ether oxygens (including phenoxy) is 1. The zero-order valence-electron chi connectivity index (χ0n) is 11.2. The predicted octanol–water partition coefficient (Wildman–Crippen LogP) is 2.22. The van der Waals surface area contributed by atoms with Crippen LogP contribution in [0.25, 0.3) is 0 Å². The summed E-state index contributed by atoms with van der Waals surface area (Å²) >= 11 is 0. The van der Waals surface area contributed by atoms with Crippen LogP contribution in [0.1, 0.15) is 29.4 Å². The second kappa shape index (κ2) is 5.05.